The predicted molar refractivity (Wildman–Crippen MR) is 156 cm³/mol. The van der Waals surface area contributed by atoms with Crippen LogP contribution in [0.4, 0.5) is 14.4 Å². The van der Waals surface area contributed by atoms with E-state index in [1.54, 1.807) is 6.20 Å². The molecule has 0 radical (unpaired) electrons. The molecule has 1 aromatic rings. The minimum absolute atomic E-state index is 0.403. The zero-order valence-electron chi connectivity index (χ0n) is 25.9. The quantitative estimate of drug-likeness (QED) is 0.176. The van der Waals surface area contributed by atoms with Crippen molar-refractivity contribution >= 4 is 18.3 Å². The standard InChI is InChI=1S/C14H29N3O4.C8H12N2O2.C4H13N3/c1-13(2,3)20-11(18)16-9-7-15-8-10-17-12(19)21-14(4,5)6;1-8(2,3)12-7(11)10-5-4-9-6-10;5-1-3-7-4-2-6/h15H,7-10H2,1-6H3,(H,16,18)(H,17,19);4-6H,1-3H3;7H,1-6H2. The number of carbonyl (C=O) groups is 3. The van der Waals surface area contributed by atoms with Gasteiger partial charge in [0.15, 0.2) is 0 Å². The summed E-state index contributed by atoms with van der Waals surface area (Å²) in [6, 6.07) is 0. The van der Waals surface area contributed by atoms with Crippen LogP contribution in [0, 0.1) is 0 Å². The molecule has 0 atom stereocenters. The molecule has 0 saturated carbocycles. The average Bonchev–Trinajstić information content (AvgIpc) is 3.31. The number of nitrogens with zero attached hydrogens (tertiary/aromatic N) is 2. The number of imidazole rings is 1. The Morgan fingerprint density at radius 1 is 0.675 bits per heavy atom. The van der Waals surface area contributed by atoms with Crippen LogP contribution in [-0.2, 0) is 14.2 Å². The summed E-state index contributed by atoms with van der Waals surface area (Å²) in [5, 5.41) is 11.4. The van der Waals surface area contributed by atoms with E-state index in [1.807, 2.05) is 62.3 Å². The second-order valence-electron chi connectivity index (χ2n) is 11.4. The molecule has 1 heterocycles. The first-order valence-corrected chi connectivity index (χ1v) is 13.4. The Morgan fingerprint density at radius 2 is 1.07 bits per heavy atom. The highest BCUT2D eigenvalue weighted by molar-refractivity contribution is 5.70. The van der Waals surface area contributed by atoms with Gasteiger partial charge in [-0.15, -0.1) is 0 Å². The molecule has 40 heavy (non-hydrogen) atoms. The maximum atomic E-state index is 11.3. The molecule has 0 unspecified atom stereocenters. The maximum absolute atomic E-state index is 11.3. The third kappa shape index (κ3) is 29.6. The van der Waals surface area contributed by atoms with Crippen molar-refractivity contribution in [2.24, 2.45) is 11.5 Å². The van der Waals surface area contributed by atoms with Crippen molar-refractivity contribution in [3.05, 3.63) is 18.7 Å². The van der Waals surface area contributed by atoms with Crippen molar-refractivity contribution in [1.82, 2.24) is 30.8 Å². The van der Waals surface area contributed by atoms with Gasteiger partial charge in [0.2, 0.25) is 0 Å². The van der Waals surface area contributed by atoms with Gasteiger partial charge in [-0.05, 0) is 62.3 Å². The van der Waals surface area contributed by atoms with Gasteiger partial charge in [-0.25, -0.2) is 23.9 Å². The normalized spacial score (nSPS) is 11.2. The third-order valence-electron chi connectivity index (χ3n) is 3.69. The van der Waals surface area contributed by atoms with Crippen molar-refractivity contribution in [3.63, 3.8) is 0 Å². The van der Waals surface area contributed by atoms with Gasteiger partial charge in [0.05, 0.1) is 0 Å². The summed E-state index contributed by atoms with van der Waals surface area (Å²) in [7, 11) is 0. The van der Waals surface area contributed by atoms with Crippen molar-refractivity contribution in [3.8, 4) is 0 Å². The number of ether oxygens (including phenoxy) is 3. The Kier molecular flexibility index (Phi) is 20.5. The van der Waals surface area contributed by atoms with E-state index in [0.717, 1.165) is 13.1 Å². The molecule has 1 rings (SSSR count). The first-order valence-electron chi connectivity index (χ1n) is 13.4. The van der Waals surface area contributed by atoms with Crippen LogP contribution in [0.1, 0.15) is 62.3 Å². The Bertz CT molecular complexity index is 764. The molecule has 2 amide bonds. The van der Waals surface area contributed by atoms with E-state index in [0.29, 0.717) is 39.3 Å². The van der Waals surface area contributed by atoms with Crippen LogP contribution in [0.3, 0.4) is 0 Å². The highest BCUT2D eigenvalue weighted by atomic mass is 16.6. The highest BCUT2D eigenvalue weighted by Gasteiger charge is 2.17. The SMILES string of the molecule is CC(C)(C)OC(=O)NCCNCCNC(=O)OC(C)(C)C.CC(C)(C)OC(=O)n1ccnc1.NCCNCCN. The Labute approximate surface area is 239 Å². The molecule has 0 aliphatic heterocycles. The molecule has 14 heteroatoms. The molecule has 0 spiro atoms. The molecule has 0 fully saturated rings. The largest absolute Gasteiger partial charge is 0.444 e. The van der Waals surface area contributed by atoms with Gasteiger partial charge >= 0.3 is 18.3 Å². The van der Waals surface area contributed by atoms with Crippen molar-refractivity contribution in [2.45, 2.75) is 79.1 Å². The second kappa shape index (κ2) is 20.9. The molecule has 0 aromatic carbocycles. The number of aromatic nitrogens is 2. The topological polar surface area (TPSA) is 197 Å². The summed E-state index contributed by atoms with van der Waals surface area (Å²) in [5.41, 5.74) is 8.89. The lowest BCUT2D eigenvalue weighted by atomic mass is 10.2. The summed E-state index contributed by atoms with van der Waals surface area (Å²) in [6.45, 7) is 21.6. The van der Waals surface area contributed by atoms with E-state index in [2.05, 4.69) is 26.3 Å². The summed E-state index contributed by atoms with van der Waals surface area (Å²) in [4.78, 5) is 37.6. The van der Waals surface area contributed by atoms with E-state index in [4.69, 9.17) is 25.7 Å². The van der Waals surface area contributed by atoms with Crippen LogP contribution in [0.5, 0.6) is 0 Å². The van der Waals surface area contributed by atoms with Gasteiger partial charge in [0.1, 0.15) is 23.1 Å². The van der Waals surface area contributed by atoms with Crippen LogP contribution in [0.15, 0.2) is 18.7 Å². The van der Waals surface area contributed by atoms with Crippen molar-refractivity contribution < 1.29 is 28.6 Å². The first kappa shape index (κ1) is 39.2. The number of nitrogens with two attached hydrogens (primary N) is 2. The lowest BCUT2D eigenvalue weighted by molar-refractivity contribution is 0.0520. The molecular formula is C26H54N8O6. The molecule has 234 valence electrons. The zero-order valence-corrected chi connectivity index (χ0v) is 25.9. The summed E-state index contributed by atoms with van der Waals surface area (Å²) in [6.07, 6.45) is 3.22. The van der Waals surface area contributed by atoms with Crippen LogP contribution < -0.4 is 32.7 Å². The van der Waals surface area contributed by atoms with Crippen LogP contribution in [0.25, 0.3) is 0 Å². The number of rotatable bonds is 10. The summed E-state index contributed by atoms with van der Waals surface area (Å²) in [5.74, 6) is 0. The van der Waals surface area contributed by atoms with Crippen LogP contribution in [-0.4, -0.2) is 97.0 Å². The fraction of sp³-hybridized carbons (Fsp3) is 0.769. The monoisotopic (exact) mass is 574 g/mol. The molecule has 0 aliphatic carbocycles. The summed E-state index contributed by atoms with van der Waals surface area (Å²) < 4.78 is 16.5. The van der Waals surface area contributed by atoms with E-state index in [1.165, 1.54) is 17.1 Å². The lowest BCUT2D eigenvalue weighted by Gasteiger charge is -2.20. The van der Waals surface area contributed by atoms with Gasteiger partial charge in [0.25, 0.3) is 0 Å². The highest BCUT2D eigenvalue weighted by Crippen LogP contribution is 2.08. The summed E-state index contributed by atoms with van der Waals surface area (Å²) >= 11 is 0. The number of nitrogens with one attached hydrogen (secondary N) is 4. The molecule has 1 aromatic heterocycles. The number of amides is 2. The zero-order chi connectivity index (χ0) is 31.2. The van der Waals surface area contributed by atoms with E-state index >= 15 is 0 Å². The Hall–Kier alpha value is -2.94. The average molecular weight is 575 g/mol. The fourth-order valence-corrected chi connectivity index (χ4v) is 2.27. The van der Waals surface area contributed by atoms with Crippen molar-refractivity contribution in [1.29, 1.82) is 0 Å². The van der Waals surface area contributed by atoms with Gasteiger partial charge < -0.3 is 46.9 Å². The smallest absolute Gasteiger partial charge is 0.419 e. The van der Waals surface area contributed by atoms with Crippen LogP contribution >= 0.6 is 0 Å². The fourth-order valence-electron chi connectivity index (χ4n) is 2.27. The molecule has 14 nitrogen and oxygen atoms in total. The number of hydrogen-bond donors (Lipinski definition) is 6. The second-order valence-corrected chi connectivity index (χ2v) is 11.4. The van der Waals surface area contributed by atoms with Gasteiger partial charge in [-0.2, -0.15) is 0 Å². The minimum atomic E-state index is -0.491. The molecule has 0 aliphatic rings. The maximum Gasteiger partial charge on any atom is 0.419 e. The van der Waals surface area contributed by atoms with Gasteiger partial charge in [-0.3, -0.25) is 0 Å². The Balaban J connectivity index is 0. The van der Waals surface area contributed by atoms with Crippen LogP contribution in [0.2, 0.25) is 0 Å². The van der Waals surface area contributed by atoms with E-state index in [9.17, 15) is 14.4 Å². The number of carbonyl (C=O) groups excluding carboxylic acids is 3. The predicted octanol–water partition coefficient (Wildman–Crippen LogP) is 1.79. The lowest BCUT2D eigenvalue weighted by Crippen LogP contribution is -2.39. The molecule has 0 saturated heterocycles. The van der Waals surface area contributed by atoms with Gasteiger partial charge in [-0.1, -0.05) is 0 Å². The van der Waals surface area contributed by atoms with E-state index in [-0.39, 0.29) is 0 Å². The molecule has 0 bridgehead atoms. The number of alkyl carbamates (subject to hydrolysis) is 2. The molecule has 8 N–H and O–H groups in total. The molecular weight excluding hydrogens is 520 g/mol. The third-order valence-corrected chi connectivity index (χ3v) is 3.69. The minimum Gasteiger partial charge on any atom is -0.444 e. The first-order chi connectivity index (χ1) is 18.4. The van der Waals surface area contributed by atoms with Crippen molar-refractivity contribution in [2.75, 3.05) is 52.4 Å². The van der Waals surface area contributed by atoms with E-state index < -0.39 is 35.1 Å². The Morgan fingerprint density at radius 3 is 1.40 bits per heavy atom. The number of hydrogen-bond acceptors (Lipinski definition) is 11. The van der Waals surface area contributed by atoms with Gasteiger partial charge in [0, 0.05) is 64.8 Å².